The van der Waals surface area contributed by atoms with Crippen molar-refractivity contribution in [3.63, 3.8) is 0 Å². The average molecular weight is 289 g/mol. The zero-order chi connectivity index (χ0) is 11.9. The van der Waals surface area contributed by atoms with Crippen LogP contribution in [0.3, 0.4) is 0 Å². The number of nitrogens with two attached hydrogens (primary N) is 1. The predicted molar refractivity (Wildman–Crippen MR) is 57.3 cm³/mol. The second-order valence-corrected chi connectivity index (χ2v) is 3.89. The van der Waals surface area contributed by atoms with Crippen LogP contribution in [-0.2, 0) is 0 Å². The minimum atomic E-state index is -0.947. The molecule has 0 bridgehead atoms. The van der Waals surface area contributed by atoms with Gasteiger partial charge in [0.1, 0.15) is 5.69 Å². The summed E-state index contributed by atoms with van der Waals surface area (Å²) in [6, 6.07) is 2.61. The Labute approximate surface area is 97.4 Å². The third kappa shape index (κ3) is 1.58. The summed E-state index contributed by atoms with van der Waals surface area (Å²) in [6.07, 6.45) is 0. The molecule has 1 heterocycles. The first kappa shape index (κ1) is 10.7. The highest BCUT2D eigenvalue weighted by Gasteiger charge is 2.19. The lowest BCUT2D eigenvalue weighted by Crippen LogP contribution is -1.85. The van der Waals surface area contributed by atoms with Gasteiger partial charge in [0, 0.05) is 6.07 Å². The first-order chi connectivity index (χ1) is 7.50. The molecule has 0 saturated carbocycles. The highest BCUT2D eigenvalue weighted by molar-refractivity contribution is 9.10. The van der Waals surface area contributed by atoms with E-state index >= 15 is 0 Å². The SMILES string of the molecule is Nc1cc(-c2cc(Br)c(F)c(O)c2O)no1. The summed E-state index contributed by atoms with van der Waals surface area (Å²) in [4.78, 5) is 0. The van der Waals surface area contributed by atoms with Gasteiger partial charge in [0.15, 0.2) is 17.3 Å². The molecule has 0 saturated heterocycles. The van der Waals surface area contributed by atoms with E-state index in [2.05, 4.69) is 25.6 Å². The van der Waals surface area contributed by atoms with Crippen molar-refractivity contribution < 1.29 is 19.1 Å². The third-order valence-corrected chi connectivity index (χ3v) is 2.55. The molecule has 0 fully saturated rings. The molecule has 84 valence electrons. The molecule has 0 spiro atoms. The zero-order valence-electron chi connectivity index (χ0n) is 7.74. The lowest BCUT2D eigenvalue weighted by Gasteiger charge is -2.05. The number of aromatic nitrogens is 1. The van der Waals surface area contributed by atoms with Crippen molar-refractivity contribution >= 4 is 21.8 Å². The minimum Gasteiger partial charge on any atom is -0.504 e. The van der Waals surface area contributed by atoms with Gasteiger partial charge in [0.25, 0.3) is 0 Å². The Bertz CT molecular complexity index is 556. The molecule has 0 aliphatic carbocycles. The Balaban J connectivity index is 2.66. The van der Waals surface area contributed by atoms with E-state index in [0.29, 0.717) is 0 Å². The lowest BCUT2D eigenvalue weighted by atomic mass is 10.1. The van der Waals surface area contributed by atoms with E-state index < -0.39 is 17.3 Å². The van der Waals surface area contributed by atoms with Crippen LogP contribution in [0.2, 0.25) is 0 Å². The second kappa shape index (κ2) is 3.67. The molecule has 4 N–H and O–H groups in total. The third-order valence-electron chi connectivity index (χ3n) is 1.97. The van der Waals surface area contributed by atoms with Crippen LogP contribution in [0.4, 0.5) is 10.3 Å². The van der Waals surface area contributed by atoms with Crippen molar-refractivity contribution in [1.29, 1.82) is 0 Å². The normalized spacial score (nSPS) is 10.6. The Morgan fingerprint density at radius 3 is 2.56 bits per heavy atom. The topological polar surface area (TPSA) is 92.5 Å². The number of nitrogen functional groups attached to an aromatic ring is 1. The Hall–Kier alpha value is -1.76. The highest BCUT2D eigenvalue weighted by Crippen LogP contribution is 2.41. The van der Waals surface area contributed by atoms with Crippen LogP contribution in [-0.4, -0.2) is 15.4 Å². The van der Waals surface area contributed by atoms with Gasteiger partial charge in [-0.25, -0.2) is 4.39 Å². The maximum absolute atomic E-state index is 13.2. The van der Waals surface area contributed by atoms with E-state index in [1.54, 1.807) is 0 Å². The van der Waals surface area contributed by atoms with Gasteiger partial charge in [-0.05, 0) is 22.0 Å². The van der Waals surface area contributed by atoms with E-state index in [4.69, 9.17) is 5.73 Å². The minimum absolute atomic E-state index is 0.000582. The van der Waals surface area contributed by atoms with Gasteiger partial charge in [-0.1, -0.05) is 5.16 Å². The Morgan fingerprint density at radius 1 is 1.31 bits per heavy atom. The van der Waals surface area contributed by atoms with Crippen molar-refractivity contribution in [2.75, 3.05) is 5.73 Å². The van der Waals surface area contributed by atoms with E-state index in [9.17, 15) is 14.6 Å². The number of nitrogens with zero attached hydrogens (tertiary/aromatic N) is 1. The van der Waals surface area contributed by atoms with Crippen LogP contribution in [0.5, 0.6) is 11.5 Å². The highest BCUT2D eigenvalue weighted by atomic mass is 79.9. The van der Waals surface area contributed by atoms with Crippen molar-refractivity contribution in [2.45, 2.75) is 0 Å². The molecule has 0 radical (unpaired) electrons. The van der Waals surface area contributed by atoms with E-state index in [0.717, 1.165) is 0 Å². The maximum Gasteiger partial charge on any atom is 0.222 e. The number of aromatic hydroxyl groups is 2. The zero-order valence-corrected chi connectivity index (χ0v) is 9.32. The first-order valence-electron chi connectivity index (χ1n) is 4.13. The van der Waals surface area contributed by atoms with Crippen molar-refractivity contribution in [2.24, 2.45) is 0 Å². The van der Waals surface area contributed by atoms with Crippen molar-refractivity contribution in [1.82, 2.24) is 5.16 Å². The van der Waals surface area contributed by atoms with Crippen LogP contribution >= 0.6 is 15.9 Å². The number of benzene rings is 1. The maximum atomic E-state index is 13.2. The molecule has 0 unspecified atom stereocenters. The molecule has 5 nitrogen and oxygen atoms in total. The van der Waals surface area contributed by atoms with E-state index in [1.807, 2.05) is 0 Å². The van der Waals surface area contributed by atoms with Gasteiger partial charge >= 0.3 is 0 Å². The molecular weight excluding hydrogens is 283 g/mol. The van der Waals surface area contributed by atoms with Gasteiger partial charge in [-0.3, -0.25) is 0 Å². The smallest absolute Gasteiger partial charge is 0.222 e. The van der Waals surface area contributed by atoms with Crippen molar-refractivity contribution in [3.8, 4) is 22.8 Å². The predicted octanol–water partition coefficient (Wildman–Crippen LogP) is 2.24. The molecule has 0 amide bonds. The largest absolute Gasteiger partial charge is 0.504 e. The van der Waals surface area contributed by atoms with Crippen LogP contribution in [0.15, 0.2) is 21.1 Å². The van der Waals surface area contributed by atoms with Gasteiger partial charge < -0.3 is 20.5 Å². The van der Waals surface area contributed by atoms with E-state index in [-0.39, 0.29) is 21.6 Å². The van der Waals surface area contributed by atoms with Crippen LogP contribution in [0.1, 0.15) is 0 Å². The molecule has 16 heavy (non-hydrogen) atoms. The van der Waals surface area contributed by atoms with Crippen molar-refractivity contribution in [3.05, 3.63) is 22.4 Å². The summed E-state index contributed by atoms with van der Waals surface area (Å²) in [5.74, 6) is -2.37. The quantitative estimate of drug-likeness (QED) is 0.700. The lowest BCUT2D eigenvalue weighted by molar-refractivity contribution is 0.378. The fourth-order valence-electron chi connectivity index (χ4n) is 1.21. The number of hydrogen-bond acceptors (Lipinski definition) is 5. The fourth-order valence-corrected chi connectivity index (χ4v) is 1.63. The molecule has 2 rings (SSSR count). The second-order valence-electron chi connectivity index (χ2n) is 3.03. The van der Waals surface area contributed by atoms with E-state index in [1.165, 1.54) is 12.1 Å². The van der Waals surface area contributed by atoms with Crippen LogP contribution in [0, 0.1) is 5.82 Å². The number of hydrogen-bond donors (Lipinski definition) is 3. The molecule has 7 heteroatoms. The number of phenols is 2. The van der Waals surface area contributed by atoms with Crippen LogP contribution < -0.4 is 5.73 Å². The molecule has 1 aromatic heterocycles. The Morgan fingerprint density at radius 2 is 2.00 bits per heavy atom. The fraction of sp³-hybridized carbons (Fsp3) is 0. The molecule has 2 aromatic rings. The molecule has 0 aliphatic rings. The number of rotatable bonds is 1. The van der Waals surface area contributed by atoms with Gasteiger partial charge in [-0.2, -0.15) is 0 Å². The monoisotopic (exact) mass is 288 g/mol. The number of anilines is 1. The molecule has 1 aromatic carbocycles. The number of phenolic OH excluding ortho intramolecular Hbond substituents is 2. The molecule has 0 atom stereocenters. The Kier molecular flexibility index (Phi) is 2.47. The van der Waals surface area contributed by atoms with Crippen LogP contribution in [0.25, 0.3) is 11.3 Å². The summed E-state index contributed by atoms with van der Waals surface area (Å²) >= 11 is 2.90. The molecular formula is C9H6BrFN2O3. The number of halogens is 2. The summed E-state index contributed by atoms with van der Waals surface area (Å²) in [5, 5.41) is 22.4. The summed E-state index contributed by atoms with van der Waals surface area (Å²) in [7, 11) is 0. The molecule has 0 aliphatic heterocycles. The van der Waals surface area contributed by atoms with Gasteiger partial charge in [0.2, 0.25) is 5.88 Å². The standard InChI is InChI=1S/C9H6BrFN2O3/c10-4-1-3(5-2-6(12)16-13-5)8(14)9(15)7(4)11/h1-2,14-15H,12H2. The van der Waals surface area contributed by atoms with Gasteiger partial charge in [0.05, 0.1) is 10.0 Å². The van der Waals surface area contributed by atoms with Gasteiger partial charge in [-0.15, -0.1) is 0 Å². The summed E-state index contributed by atoms with van der Waals surface area (Å²) < 4.78 is 17.8. The average Bonchev–Trinajstić information content (AvgIpc) is 2.67. The first-order valence-corrected chi connectivity index (χ1v) is 4.92. The summed E-state index contributed by atoms with van der Waals surface area (Å²) in [5.41, 5.74) is 5.63. The summed E-state index contributed by atoms with van der Waals surface area (Å²) in [6.45, 7) is 0.